The fourth-order valence-corrected chi connectivity index (χ4v) is 1.07. The van der Waals surface area contributed by atoms with Gasteiger partial charge in [-0.2, -0.15) is 0 Å². The Labute approximate surface area is 83.2 Å². The normalized spacial score (nSPS) is 8.93. The van der Waals surface area contributed by atoms with Gasteiger partial charge in [0.25, 0.3) is 0 Å². The second kappa shape index (κ2) is 4.49. The summed E-state index contributed by atoms with van der Waals surface area (Å²) in [5.74, 6) is 0. The molecule has 3 N–H and O–H groups in total. The molecule has 0 aliphatic carbocycles. The van der Waals surface area contributed by atoms with Gasteiger partial charge in [-0.1, -0.05) is 17.7 Å². The van der Waals surface area contributed by atoms with E-state index in [1.54, 1.807) is 0 Å². The molecule has 0 heterocycles. The van der Waals surface area contributed by atoms with Crippen LogP contribution >= 0.6 is 11.6 Å². The lowest BCUT2D eigenvalue weighted by molar-refractivity contribution is -0.422. The van der Waals surface area contributed by atoms with Gasteiger partial charge < -0.3 is 6.15 Å². The minimum atomic E-state index is -0.875. The molecule has 0 atom stereocenters. The largest absolute Gasteiger partial charge is 0.364 e. The molecule has 0 saturated carbocycles. The lowest BCUT2D eigenvalue weighted by atomic mass is 10.3. The molecular weight excluding hydrogens is 214 g/mol. The maximum atomic E-state index is 10.4. The molecule has 0 aliphatic heterocycles. The highest BCUT2D eigenvalue weighted by atomic mass is 35.5. The van der Waals surface area contributed by atoms with Crippen molar-refractivity contribution in [1.82, 2.24) is 6.15 Å². The Kier molecular flexibility index (Phi) is 3.94. The molecule has 0 aromatic heterocycles. The van der Waals surface area contributed by atoms with Crippen LogP contribution in [0.2, 0.25) is 5.02 Å². The number of nitrogens with zero attached hydrogens (tertiary/aromatic N) is 2. The summed E-state index contributed by atoms with van der Waals surface area (Å²) < 4.78 is 0. The summed E-state index contributed by atoms with van der Waals surface area (Å²) in [4.78, 5) is 19.0. The summed E-state index contributed by atoms with van der Waals surface area (Å²) in [6.45, 7) is 0. The van der Waals surface area contributed by atoms with Crippen LogP contribution in [0, 0.1) is 20.2 Å². The summed E-state index contributed by atoms with van der Waals surface area (Å²) in [5, 5.41) is 20.4. The molecule has 0 radical (unpaired) electrons. The van der Waals surface area contributed by atoms with E-state index in [1.807, 2.05) is 0 Å². The molecule has 7 nitrogen and oxygen atoms in total. The molecule has 0 fully saturated rings. The minimum Gasteiger partial charge on any atom is -0.344 e. The lowest BCUT2D eigenvalue weighted by Crippen LogP contribution is -1.96. The van der Waals surface area contributed by atoms with Crippen molar-refractivity contribution < 1.29 is 9.85 Å². The van der Waals surface area contributed by atoms with Crippen LogP contribution in [0.1, 0.15) is 0 Å². The Morgan fingerprint density at radius 1 is 1.14 bits per heavy atom. The maximum absolute atomic E-state index is 10.4. The van der Waals surface area contributed by atoms with Crippen molar-refractivity contribution in [3.63, 3.8) is 0 Å². The quantitative estimate of drug-likeness (QED) is 0.604. The van der Waals surface area contributed by atoms with Gasteiger partial charge in [0.15, 0.2) is 0 Å². The van der Waals surface area contributed by atoms with E-state index in [-0.39, 0.29) is 11.2 Å². The van der Waals surface area contributed by atoms with E-state index in [4.69, 9.17) is 11.6 Å². The predicted octanol–water partition coefficient (Wildman–Crippen LogP) is 2.32. The molecule has 1 aromatic carbocycles. The summed E-state index contributed by atoms with van der Waals surface area (Å²) >= 11 is 5.42. The highest BCUT2D eigenvalue weighted by molar-refractivity contribution is 6.33. The minimum absolute atomic E-state index is 0. The second-order valence-electron chi connectivity index (χ2n) is 2.12. The van der Waals surface area contributed by atoms with E-state index in [0.717, 1.165) is 6.07 Å². The highest BCUT2D eigenvalue weighted by Crippen LogP contribution is 2.33. The summed E-state index contributed by atoms with van der Waals surface area (Å²) in [6.07, 6.45) is 0. The van der Waals surface area contributed by atoms with Crippen molar-refractivity contribution in [1.29, 1.82) is 0 Å². The Balaban J connectivity index is 0.00000169. The molecule has 76 valence electrons. The van der Waals surface area contributed by atoms with E-state index < -0.39 is 21.2 Å². The molecule has 1 aromatic rings. The summed E-state index contributed by atoms with van der Waals surface area (Å²) in [6, 6.07) is 3.55. The molecular formula is C6H6ClN3O4. The van der Waals surface area contributed by atoms with Gasteiger partial charge in [-0.15, -0.1) is 0 Å². The van der Waals surface area contributed by atoms with Crippen molar-refractivity contribution in [2.45, 2.75) is 0 Å². The number of para-hydroxylation sites is 1. The van der Waals surface area contributed by atoms with Gasteiger partial charge in [0.2, 0.25) is 0 Å². The number of halogens is 1. The van der Waals surface area contributed by atoms with Gasteiger partial charge in [-0.05, 0) is 6.07 Å². The standard InChI is InChI=1S/C6H3ClN2O4.H3N/c7-4-2-1-3-5(8(10)11)6(4)9(12)13;/h1-3H;1H3. The molecule has 8 heteroatoms. The first-order chi connectivity index (χ1) is 6.04. The molecule has 1 rings (SSSR count). The smallest absolute Gasteiger partial charge is 0.344 e. The molecule has 0 unspecified atom stereocenters. The van der Waals surface area contributed by atoms with Crippen LogP contribution in [0.4, 0.5) is 11.4 Å². The Morgan fingerprint density at radius 3 is 2.07 bits per heavy atom. The summed E-state index contributed by atoms with van der Waals surface area (Å²) in [5.41, 5.74) is -1.27. The van der Waals surface area contributed by atoms with Crippen LogP contribution < -0.4 is 6.15 Å². The van der Waals surface area contributed by atoms with Crippen LogP contribution in [0.15, 0.2) is 18.2 Å². The van der Waals surface area contributed by atoms with Crippen LogP contribution in [-0.4, -0.2) is 9.85 Å². The zero-order valence-corrected chi connectivity index (χ0v) is 7.60. The molecule has 14 heavy (non-hydrogen) atoms. The average molecular weight is 220 g/mol. The first kappa shape index (κ1) is 12.3. The fraction of sp³-hybridized carbons (Fsp3) is 0. The van der Waals surface area contributed by atoms with E-state index >= 15 is 0 Å². The van der Waals surface area contributed by atoms with Crippen LogP contribution in [-0.2, 0) is 0 Å². The van der Waals surface area contributed by atoms with E-state index in [0.29, 0.717) is 0 Å². The number of nitro groups is 2. The number of nitro benzene ring substituents is 2. The van der Waals surface area contributed by atoms with Crippen molar-refractivity contribution in [3.05, 3.63) is 43.5 Å². The molecule has 0 bridgehead atoms. The molecule has 0 amide bonds. The number of hydrogen-bond donors (Lipinski definition) is 1. The van der Waals surface area contributed by atoms with Gasteiger partial charge in [0, 0.05) is 6.07 Å². The highest BCUT2D eigenvalue weighted by Gasteiger charge is 2.26. The monoisotopic (exact) mass is 219 g/mol. The zero-order valence-electron chi connectivity index (χ0n) is 6.84. The van der Waals surface area contributed by atoms with Crippen molar-refractivity contribution >= 4 is 23.0 Å². The topological polar surface area (TPSA) is 121 Å². The van der Waals surface area contributed by atoms with Crippen LogP contribution in [0.3, 0.4) is 0 Å². The second-order valence-corrected chi connectivity index (χ2v) is 2.53. The third-order valence-electron chi connectivity index (χ3n) is 1.34. The Morgan fingerprint density at radius 2 is 1.71 bits per heavy atom. The van der Waals surface area contributed by atoms with Gasteiger partial charge >= 0.3 is 11.4 Å². The zero-order chi connectivity index (χ0) is 10.0. The fourth-order valence-electron chi connectivity index (χ4n) is 0.832. The maximum Gasteiger partial charge on any atom is 0.364 e. The number of hydrogen-bond acceptors (Lipinski definition) is 5. The number of benzene rings is 1. The molecule has 0 saturated heterocycles. The molecule has 0 aliphatic rings. The number of rotatable bonds is 2. The van der Waals surface area contributed by atoms with Gasteiger partial charge in [-0.3, -0.25) is 20.2 Å². The first-order valence-corrected chi connectivity index (χ1v) is 3.49. The average Bonchev–Trinajstić information content (AvgIpc) is 2.02. The van der Waals surface area contributed by atoms with E-state index in [9.17, 15) is 20.2 Å². The summed E-state index contributed by atoms with van der Waals surface area (Å²) in [7, 11) is 0. The molecule has 0 spiro atoms. The Hall–Kier alpha value is -1.73. The predicted molar refractivity (Wildman–Crippen MR) is 49.8 cm³/mol. The van der Waals surface area contributed by atoms with Crippen LogP contribution in [0.5, 0.6) is 0 Å². The van der Waals surface area contributed by atoms with Crippen molar-refractivity contribution in [2.24, 2.45) is 0 Å². The Bertz CT molecular complexity index is 381. The van der Waals surface area contributed by atoms with Gasteiger partial charge in [0.1, 0.15) is 5.02 Å². The van der Waals surface area contributed by atoms with Crippen LogP contribution in [0.25, 0.3) is 0 Å². The third kappa shape index (κ3) is 2.15. The lowest BCUT2D eigenvalue weighted by Gasteiger charge is -1.95. The van der Waals surface area contributed by atoms with Crippen molar-refractivity contribution in [2.75, 3.05) is 0 Å². The third-order valence-corrected chi connectivity index (χ3v) is 1.65. The van der Waals surface area contributed by atoms with Gasteiger partial charge in [-0.25, -0.2) is 0 Å². The van der Waals surface area contributed by atoms with Crippen molar-refractivity contribution in [3.8, 4) is 0 Å². The van der Waals surface area contributed by atoms with E-state index in [2.05, 4.69) is 0 Å². The van der Waals surface area contributed by atoms with Gasteiger partial charge in [0.05, 0.1) is 9.85 Å². The SMILES string of the molecule is N.O=[N+]([O-])c1cccc(Cl)c1[N+](=O)[O-]. The first-order valence-electron chi connectivity index (χ1n) is 3.11. The van der Waals surface area contributed by atoms with E-state index in [1.165, 1.54) is 12.1 Å².